The number of ether oxygens (including phenoxy) is 1. The molecule has 22 heavy (non-hydrogen) atoms. The average Bonchev–Trinajstić information content (AvgIpc) is 2.48. The van der Waals surface area contributed by atoms with E-state index in [4.69, 9.17) is 10.5 Å². The number of halogens is 1. The molecule has 0 amide bonds. The molecule has 1 aromatic rings. The highest BCUT2D eigenvalue weighted by Crippen LogP contribution is 2.28. The van der Waals surface area contributed by atoms with Crippen molar-refractivity contribution in [2.24, 2.45) is 10.7 Å². The molecule has 1 saturated carbocycles. The minimum absolute atomic E-state index is 0. The van der Waals surface area contributed by atoms with Gasteiger partial charge in [-0.15, -0.1) is 24.0 Å². The van der Waals surface area contributed by atoms with E-state index in [2.05, 4.69) is 10.3 Å². The molecule has 0 unspecified atom stereocenters. The summed E-state index contributed by atoms with van der Waals surface area (Å²) in [6, 6.07) is 7.81. The first-order chi connectivity index (χ1) is 10.1. The number of hydrogen-bond acceptors (Lipinski definition) is 3. The molecule has 124 valence electrons. The summed E-state index contributed by atoms with van der Waals surface area (Å²) in [7, 11) is 1.66. The van der Waals surface area contributed by atoms with Crippen LogP contribution in [0.15, 0.2) is 29.3 Å². The van der Waals surface area contributed by atoms with Gasteiger partial charge >= 0.3 is 0 Å². The van der Waals surface area contributed by atoms with Gasteiger partial charge in [0, 0.05) is 18.4 Å². The molecule has 0 spiro atoms. The van der Waals surface area contributed by atoms with Gasteiger partial charge in [0.25, 0.3) is 0 Å². The van der Waals surface area contributed by atoms with E-state index in [0.29, 0.717) is 19.1 Å². The topological polar surface area (TPSA) is 79.9 Å². The van der Waals surface area contributed by atoms with E-state index >= 15 is 0 Å². The van der Waals surface area contributed by atoms with Crippen molar-refractivity contribution >= 4 is 35.6 Å². The van der Waals surface area contributed by atoms with Crippen LogP contribution in [-0.2, 0) is 11.3 Å². The molecule has 0 aromatic heterocycles. The normalized spacial score (nSPS) is 17.6. The van der Waals surface area contributed by atoms with E-state index in [1.807, 2.05) is 24.3 Å². The predicted octanol–water partition coefficient (Wildman–Crippen LogP) is 2.87. The Bertz CT molecular complexity index is 488. The van der Waals surface area contributed by atoms with Crippen molar-refractivity contribution < 1.29 is 9.84 Å². The summed E-state index contributed by atoms with van der Waals surface area (Å²) in [6.45, 7) is 0.874. The van der Waals surface area contributed by atoms with Crippen LogP contribution in [0, 0.1) is 0 Å². The number of guanidine groups is 1. The van der Waals surface area contributed by atoms with E-state index < -0.39 is 5.60 Å². The molecule has 6 heteroatoms. The minimum Gasteiger partial charge on any atom is -0.388 e. The van der Waals surface area contributed by atoms with Crippen molar-refractivity contribution in [1.82, 2.24) is 0 Å². The van der Waals surface area contributed by atoms with Crippen LogP contribution < -0.4 is 11.1 Å². The number of nitrogens with zero attached hydrogens (tertiary/aromatic N) is 1. The highest BCUT2D eigenvalue weighted by Gasteiger charge is 2.28. The Morgan fingerprint density at radius 2 is 2.00 bits per heavy atom. The molecule has 1 aliphatic rings. The second kappa shape index (κ2) is 9.32. The third-order valence-electron chi connectivity index (χ3n) is 3.91. The molecule has 0 aliphatic heterocycles. The smallest absolute Gasteiger partial charge is 0.193 e. The minimum atomic E-state index is -0.684. The Balaban J connectivity index is 0.00000242. The average molecular weight is 419 g/mol. The van der Waals surface area contributed by atoms with Gasteiger partial charge in [-0.3, -0.25) is 4.99 Å². The molecule has 0 radical (unpaired) electrons. The lowest BCUT2D eigenvalue weighted by Gasteiger charge is -2.30. The summed E-state index contributed by atoms with van der Waals surface area (Å²) in [5, 5.41) is 13.5. The summed E-state index contributed by atoms with van der Waals surface area (Å²) in [4.78, 5) is 4.31. The zero-order valence-electron chi connectivity index (χ0n) is 13.0. The Hall–Kier alpha value is -0.860. The van der Waals surface area contributed by atoms with Gasteiger partial charge in [-0.05, 0) is 18.9 Å². The summed E-state index contributed by atoms with van der Waals surface area (Å²) in [5.74, 6) is 0.331. The first-order valence-electron chi connectivity index (χ1n) is 7.49. The van der Waals surface area contributed by atoms with E-state index in [1.54, 1.807) is 7.11 Å². The number of aliphatic hydroxyl groups is 1. The molecular formula is C16H26IN3O2. The number of aliphatic imine (C=N–C) groups is 1. The fourth-order valence-electron chi connectivity index (χ4n) is 2.70. The van der Waals surface area contributed by atoms with E-state index in [-0.39, 0.29) is 24.0 Å². The molecule has 0 atom stereocenters. The van der Waals surface area contributed by atoms with Crippen LogP contribution in [0.1, 0.15) is 37.7 Å². The summed E-state index contributed by atoms with van der Waals surface area (Å²) in [5.41, 5.74) is 7.16. The number of para-hydroxylation sites is 1. The first kappa shape index (κ1) is 19.2. The lowest BCUT2D eigenvalue weighted by molar-refractivity contribution is 0.0132. The third-order valence-corrected chi connectivity index (χ3v) is 3.91. The molecular weight excluding hydrogens is 393 g/mol. The van der Waals surface area contributed by atoms with Crippen LogP contribution in [0.25, 0.3) is 0 Å². The molecule has 2 rings (SSSR count). The zero-order valence-corrected chi connectivity index (χ0v) is 15.4. The van der Waals surface area contributed by atoms with Gasteiger partial charge in [-0.25, -0.2) is 0 Å². The summed E-state index contributed by atoms with van der Waals surface area (Å²) < 4.78 is 5.16. The number of rotatable bonds is 5. The van der Waals surface area contributed by atoms with E-state index in [1.165, 1.54) is 6.42 Å². The maximum Gasteiger partial charge on any atom is 0.193 e. The lowest BCUT2D eigenvalue weighted by atomic mass is 9.85. The van der Waals surface area contributed by atoms with Crippen LogP contribution in [0.5, 0.6) is 0 Å². The monoisotopic (exact) mass is 419 g/mol. The second-order valence-corrected chi connectivity index (χ2v) is 5.70. The summed E-state index contributed by atoms with van der Waals surface area (Å²) in [6.07, 6.45) is 4.95. The lowest BCUT2D eigenvalue weighted by Crippen LogP contribution is -2.36. The zero-order chi connectivity index (χ0) is 15.1. The molecule has 4 N–H and O–H groups in total. The maximum atomic E-state index is 10.4. The van der Waals surface area contributed by atoms with Crippen molar-refractivity contribution in [1.29, 1.82) is 0 Å². The number of nitrogens with two attached hydrogens (primary N) is 1. The fraction of sp³-hybridized carbons (Fsp3) is 0.562. The Morgan fingerprint density at radius 1 is 1.32 bits per heavy atom. The van der Waals surface area contributed by atoms with Crippen molar-refractivity contribution in [3.63, 3.8) is 0 Å². The maximum absolute atomic E-state index is 10.4. The SMILES string of the molecule is COCc1ccccc1NC(N)=NCC1(O)CCCCC1.I. The Kier molecular flexibility index (Phi) is 8.13. The molecule has 1 fully saturated rings. The molecule has 0 heterocycles. The molecule has 0 bridgehead atoms. The van der Waals surface area contributed by atoms with Crippen LogP contribution >= 0.6 is 24.0 Å². The molecule has 1 aromatic carbocycles. The Labute approximate surface area is 149 Å². The van der Waals surface area contributed by atoms with E-state index in [0.717, 1.165) is 36.9 Å². The highest BCUT2D eigenvalue weighted by atomic mass is 127. The van der Waals surface area contributed by atoms with Crippen molar-refractivity contribution in [2.45, 2.75) is 44.3 Å². The fourth-order valence-corrected chi connectivity index (χ4v) is 2.70. The van der Waals surface area contributed by atoms with Gasteiger partial charge in [0.2, 0.25) is 0 Å². The molecule has 0 saturated heterocycles. The second-order valence-electron chi connectivity index (χ2n) is 5.70. The Morgan fingerprint density at radius 3 is 2.68 bits per heavy atom. The number of benzene rings is 1. The van der Waals surface area contributed by atoms with Gasteiger partial charge in [0.05, 0.1) is 18.8 Å². The van der Waals surface area contributed by atoms with Crippen molar-refractivity contribution in [3.8, 4) is 0 Å². The number of hydrogen-bond donors (Lipinski definition) is 3. The van der Waals surface area contributed by atoms with Crippen LogP contribution in [-0.4, -0.2) is 30.3 Å². The number of nitrogens with one attached hydrogen (secondary N) is 1. The third kappa shape index (κ3) is 5.73. The van der Waals surface area contributed by atoms with Crippen molar-refractivity contribution in [3.05, 3.63) is 29.8 Å². The number of anilines is 1. The van der Waals surface area contributed by atoms with Gasteiger partial charge in [-0.1, -0.05) is 37.5 Å². The van der Waals surface area contributed by atoms with Crippen LogP contribution in [0.2, 0.25) is 0 Å². The quantitative estimate of drug-likeness (QED) is 0.390. The van der Waals surface area contributed by atoms with Gasteiger partial charge in [0.1, 0.15) is 0 Å². The van der Waals surface area contributed by atoms with Crippen molar-refractivity contribution in [2.75, 3.05) is 19.0 Å². The predicted molar refractivity (Wildman–Crippen MR) is 101 cm³/mol. The molecule has 1 aliphatic carbocycles. The largest absolute Gasteiger partial charge is 0.388 e. The van der Waals surface area contributed by atoms with Crippen LogP contribution in [0.4, 0.5) is 5.69 Å². The highest BCUT2D eigenvalue weighted by molar-refractivity contribution is 14.0. The molecule has 5 nitrogen and oxygen atoms in total. The first-order valence-corrected chi connectivity index (χ1v) is 7.49. The van der Waals surface area contributed by atoms with Gasteiger partial charge < -0.3 is 20.9 Å². The summed E-state index contributed by atoms with van der Waals surface area (Å²) >= 11 is 0. The van der Waals surface area contributed by atoms with Gasteiger partial charge in [0.15, 0.2) is 5.96 Å². The van der Waals surface area contributed by atoms with Crippen LogP contribution in [0.3, 0.4) is 0 Å². The van der Waals surface area contributed by atoms with Gasteiger partial charge in [-0.2, -0.15) is 0 Å². The standard InChI is InChI=1S/C16H25N3O2.HI/c1-21-11-13-7-3-4-8-14(13)19-15(17)18-12-16(20)9-5-2-6-10-16;/h3-4,7-8,20H,2,5-6,9-12H2,1H3,(H3,17,18,19);1H. The van der Waals surface area contributed by atoms with E-state index in [9.17, 15) is 5.11 Å². The number of methoxy groups -OCH3 is 1.